The van der Waals surface area contributed by atoms with Gasteiger partial charge < -0.3 is 5.73 Å². The van der Waals surface area contributed by atoms with Gasteiger partial charge in [0, 0.05) is 6.04 Å². The van der Waals surface area contributed by atoms with Crippen LogP contribution >= 0.6 is 0 Å². The predicted molar refractivity (Wildman–Crippen MR) is 49.3 cm³/mol. The average Bonchev–Trinajstić information content (AvgIpc) is 1.93. The molecule has 1 aliphatic rings. The van der Waals surface area contributed by atoms with Crippen LogP contribution in [-0.2, 0) is 0 Å². The lowest BCUT2D eigenvalue weighted by atomic mass is 9.97. The molecule has 0 saturated carbocycles. The minimum absolute atomic E-state index is 0.411. The van der Waals surface area contributed by atoms with Crippen LogP contribution in [-0.4, -0.2) is 6.04 Å². The SMILES string of the molecule is CC1=CC(C)CC(N)CC1C. The Labute approximate surface area is 69.7 Å². The molecule has 1 heteroatoms. The van der Waals surface area contributed by atoms with Crippen LogP contribution in [0.1, 0.15) is 33.6 Å². The average molecular weight is 153 g/mol. The summed E-state index contributed by atoms with van der Waals surface area (Å²) in [6.07, 6.45) is 4.69. The smallest absolute Gasteiger partial charge is 0.00499 e. The van der Waals surface area contributed by atoms with Gasteiger partial charge in [-0.2, -0.15) is 0 Å². The summed E-state index contributed by atoms with van der Waals surface area (Å²) >= 11 is 0. The summed E-state index contributed by atoms with van der Waals surface area (Å²) in [6, 6.07) is 0.411. The fourth-order valence-corrected chi connectivity index (χ4v) is 1.89. The lowest BCUT2D eigenvalue weighted by molar-refractivity contribution is 0.475. The van der Waals surface area contributed by atoms with Crippen molar-refractivity contribution in [2.24, 2.45) is 17.6 Å². The first-order valence-electron chi connectivity index (χ1n) is 4.53. The highest BCUT2D eigenvalue weighted by atomic mass is 14.6. The Morgan fingerprint density at radius 2 is 2.00 bits per heavy atom. The first kappa shape index (κ1) is 8.79. The van der Waals surface area contributed by atoms with E-state index < -0.39 is 0 Å². The quantitative estimate of drug-likeness (QED) is 0.531. The maximum absolute atomic E-state index is 5.94. The summed E-state index contributed by atoms with van der Waals surface area (Å²) in [6.45, 7) is 6.74. The molecule has 11 heavy (non-hydrogen) atoms. The lowest BCUT2D eigenvalue weighted by Crippen LogP contribution is -2.22. The van der Waals surface area contributed by atoms with E-state index in [1.54, 1.807) is 0 Å². The molecule has 1 aliphatic carbocycles. The Hall–Kier alpha value is -0.300. The van der Waals surface area contributed by atoms with Gasteiger partial charge in [-0.25, -0.2) is 0 Å². The fraction of sp³-hybridized carbons (Fsp3) is 0.800. The van der Waals surface area contributed by atoms with Gasteiger partial charge in [0.05, 0.1) is 0 Å². The second-order valence-electron chi connectivity index (χ2n) is 4.02. The number of rotatable bonds is 0. The molecule has 1 nitrogen and oxygen atoms in total. The van der Waals surface area contributed by atoms with E-state index in [4.69, 9.17) is 5.73 Å². The van der Waals surface area contributed by atoms with Crippen LogP contribution in [0.25, 0.3) is 0 Å². The van der Waals surface area contributed by atoms with E-state index in [1.165, 1.54) is 5.57 Å². The largest absolute Gasteiger partial charge is 0.328 e. The molecule has 0 aromatic heterocycles. The second kappa shape index (κ2) is 3.40. The summed E-state index contributed by atoms with van der Waals surface area (Å²) in [5.41, 5.74) is 7.46. The first-order chi connectivity index (χ1) is 5.09. The predicted octanol–water partition coefficient (Wildman–Crippen LogP) is 2.33. The molecule has 3 atom stereocenters. The molecule has 0 spiro atoms. The maximum atomic E-state index is 5.94. The third-order valence-corrected chi connectivity index (χ3v) is 2.66. The molecule has 64 valence electrons. The highest BCUT2D eigenvalue weighted by Gasteiger charge is 2.17. The highest BCUT2D eigenvalue weighted by molar-refractivity contribution is 5.07. The van der Waals surface area contributed by atoms with Crippen molar-refractivity contribution >= 4 is 0 Å². The zero-order valence-electron chi connectivity index (χ0n) is 7.80. The molecular weight excluding hydrogens is 134 g/mol. The van der Waals surface area contributed by atoms with Crippen molar-refractivity contribution in [2.75, 3.05) is 0 Å². The molecule has 0 fully saturated rings. The molecular formula is C10H19N. The van der Waals surface area contributed by atoms with Crippen molar-refractivity contribution in [1.29, 1.82) is 0 Å². The molecule has 0 saturated heterocycles. The summed E-state index contributed by atoms with van der Waals surface area (Å²) in [4.78, 5) is 0. The van der Waals surface area contributed by atoms with Gasteiger partial charge in [-0.1, -0.05) is 25.5 Å². The van der Waals surface area contributed by atoms with Crippen molar-refractivity contribution in [1.82, 2.24) is 0 Å². The van der Waals surface area contributed by atoms with Gasteiger partial charge in [-0.15, -0.1) is 0 Å². The molecule has 3 unspecified atom stereocenters. The molecule has 0 aromatic carbocycles. The van der Waals surface area contributed by atoms with E-state index in [-0.39, 0.29) is 0 Å². The van der Waals surface area contributed by atoms with Crippen molar-refractivity contribution < 1.29 is 0 Å². The van der Waals surface area contributed by atoms with Crippen LogP contribution < -0.4 is 5.73 Å². The topological polar surface area (TPSA) is 26.0 Å². The van der Waals surface area contributed by atoms with Crippen LogP contribution in [0.2, 0.25) is 0 Å². The summed E-state index contributed by atoms with van der Waals surface area (Å²) < 4.78 is 0. The molecule has 0 aromatic rings. The van der Waals surface area contributed by atoms with Crippen molar-refractivity contribution in [3.8, 4) is 0 Å². The molecule has 0 heterocycles. The zero-order valence-corrected chi connectivity index (χ0v) is 7.80. The highest BCUT2D eigenvalue weighted by Crippen LogP contribution is 2.25. The Kier molecular flexibility index (Phi) is 2.72. The van der Waals surface area contributed by atoms with Gasteiger partial charge in [0.1, 0.15) is 0 Å². The van der Waals surface area contributed by atoms with Gasteiger partial charge >= 0.3 is 0 Å². The van der Waals surface area contributed by atoms with E-state index in [0.717, 1.165) is 12.8 Å². The number of hydrogen-bond acceptors (Lipinski definition) is 1. The third kappa shape index (κ3) is 2.33. The van der Waals surface area contributed by atoms with Gasteiger partial charge in [0.2, 0.25) is 0 Å². The van der Waals surface area contributed by atoms with E-state index in [1.807, 2.05) is 0 Å². The zero-order chi connectivity index (χ0) is 8.43. The lowest BCUT2D eigenvalue weighted by Gasteiger charge is -2.13. The summed E-state index contributed by atoms with van der Waals surface area (Å²) in [7, 11) is 0. The van der Waals surface area contributed by atoms with Gasteiger partial charge in [0.15, 0.2) is 0 Å². The van der Waals surface area contributed by atoms with Gasteiger partial charge in [0.25, 0.3) is 0 Å². The van der Waals surface area contributed by atoms with Crippen LogP contribution in [0.15, 0.2) is 11.6 Å². The van der Waals surface area contributed by atoms with Gasteiger partial charge in [-0.05, 0) is 31.6 Å². The molecule has 2 N–H and O–H groups in total. The van der Waals surface area contributed by atoms with Crippen molar-refractivity contribution in [2.45, 2.75) is 39.7 Å². The van der Waals surface area contributed by atoms with Crippen molar-refractivity contribution in [3.63, 3.8) is 0 Å². The maximum Gasteiger partial charge on any atom is 0.00499 e. The Morgan fingerprint density at radius 1 is 1.36 bits per heavy atom. The van der Waals surface area contributed by atoms with E-state index in [9.17, 15) is 0 Å². The standard InChI is InChI=1S/C10H19N/c1-7-4-8(2)9(3)6-10(11)5-7/h4,7,9-10H,5-6,11H2,1-3H3. The summed E-state index contributed by atoms with van der Waals surface area (Å²) in [5.74, 6) is 1.37. The Morgan fingerprint density at radius 3 is 2.64 bits per heavy atom. The Balaban J connectivity index is 2.67. The minimum Gasteiger partial charge on any atom is -0.328 e. The molecule has 1 rings (SSSR count). The van der Waals surface area contributed by atoms with E-state index >= 15 is 0 Å². The molecule has 0 aliphatic heterocycles. The van der Waals surface area contributed by atoms with Crippen LogP contribution in [0.4, 0.5) is 0 Å². The van der Waals surface area contributed by atoms with E-state index in [0.29, 0.717) is 17.9 Å². The third-order valence-electron chi connectivity index (χ3n) is 2.66. The summed E-state index contributed by atoms with van der Waals surface area (Å²) in [5, 5.41) is 0. The second-order valence-corrected chi connectivity index (χ2v) is 4.02. The van der Waals surface area contributed by atoms with Crippen molar-refractivity contribution in [3.05, 3.63) is 11.6 Å². The minimum atomic E-state index is 0.411. The monoisotopic (exact) mass is 153 g/mol. The Bertz CT molecular complexity index is 160. The van der Waals surface area contributed by atoms with Crippen LogP contribution in [0.3, 0.4) is 0 Å². The molecule has 0 amide bonds. The van der Waals surface area contributed by atoms with Crippen LogP contribution in [0.5, 0.6) is 0 Å². The normalized spacial score (nSPS) is 39.6. The molecule has 0 radical (unpaired) electrons. The fourth-order valence-electron chi connectivity index (χ4n) is 1.89. The van der Waals surface area contributed by atoms with Crippen LogP contribution in [0, 0.1) is 11.8 Å². The number of allylic oxidation sites excluding steroid dienone is 2. The van der Waals surface area contributed by atoms with E-state index in [2.05, 4.69) is 26.8 Å². The number of hydrogen-bond donors (Lipinski definition) is 1. The van der Waals surface area contributed by atoms with Gasteiger partial charge in [-0.3, -0.25) is 0 Å². The molecule has 0 bridgehead atoms. The first-order valence-corrected chi connectivity index (χ1v) is 4.53. The number of nitrogens with two attached hydrogens (primary N) is 1.